The molecule has 1 saturated carbocycles. The highest BCUT2D eigenvalue weighted by atomic mass is 32.2. The summed E-state index contributed by atoms with van der Waals surface area (Å²) in [7, 11) is -3.65. The topological polar surface area (TPSA) is 139 Å². The van der Waals surface area contributed by atoms with Gasteiger partial charge in [-0.2, -0.15) is 0 Å². The van der Waals surface area contributed by atoms with E-state index in [9.17, 15) is 23.1 Å². The van der Waals surface area contributed by atoms with E-state index in [2.05, 4.69) is 10.6 Å². The molecule has 1 aliphatic rings. The molecular formula is C11H21N3O5S. The molecule has 2 unspecified atom stereocenters. The highest BCUT2D eigenvalue weighted by Crippen LogP contribution is 2.32. The van der Waals surface area contributed by atoms with Crippen LogP contribution in [0.4, 0.5) is 4.79 Å². The van der Waals surface area contributed by atoms with E-state index in [0.29, 0.717) is 12.8 Å². The van der Waals surface area contributed by atoms with Crippen molar-refractivity contribution >= 4 is 22.0 Å². The molecule has 0 aliphatic heterocycles. The van der Waals surface area contributed by atoms with Crippen LogP contribution in [0.15, 0.2) is 0 Å². The molecule has 20 heavy (non-hydrogen) atoms. The first-order valence-corrected chi connectivity index (χ1v) is 8.16. The average Bonchev–Trinajstić information content (AvgIpc) is 2.26. The maximum absolute atomic E-state index is 11.7. The van der Waals surface area contributed by atoms with Gasteiger partial charge in [0.15, 0.2) is 0 Å². The first-order valence-electron chi connectivity index (χ1n) is 6.44. The van der Waals surface area contributed by atoms with Crippen molar-refractivity contribution < 1.29 is 23.1 Å². The van der Waals surface area contributed by atoms with Crippen LogP contribution in [0.1, 0.15) is 32.6 Å². The van der Waals surface area contributed by atoms with Gasteiger partial charge in [-0.05, 0) is 18.8 Å². The van der Waals surface area contributed by atoms with E-state index >= 15 is 0 Å². The van der Waals surface area contributed by atoms with Crippen LogP contribution in [0.3, 0.4) is 0 Å². The molecule has 0 aromatic heterocycles. The van der Waals surface area contributed by atoms with Crippen molar-refractivity contribution in [3.63, 3.8) is 0 Å². The molecule has 0 saturated heterocycles. The molecule has 1 fully saturated rings. The van der Waals surface area contributed by atoms with Gasteiger partial charge in [-0.1, -0.05) is 19.8 Å². The lowest BCUT2D eigenvalue weighted by Crippen LogP contribution is -2.59. The Kier molecular flexibility index (Phi) is 5.35. The number of carboxylic acid groups (broad SMARTS) is 1. The molecule has 0 spiro atoms. The number of nitrogens with two attached hydrogens (primary N) is 1. The number of primary sulfonamides is 1. The predicted molar refractivity (Wildman–Crippen MR) is 72.5 cm³/mol. The number of carboxylic acids is 1. The predicted octanol–water partition coefficient (Wildman–Crippen LogP) is -0.392. The molecule has 0 aromatic carbocycles. The minimum Gasteiger partial charge on any atom is -0.480 e. The fourth-order valence-electron chi connectivity index (χ4n) is 2.48. The van der Waals surface area contributed by atoms with Crippen LogP contribution in [0.2, 0.25) is 0 Å². The number of carbonyl (C=O) groups excluding carboxylic acids is 1. The fourth-order valence-corrected chi connectivity index (χ4v) is 2.87. The number of carbonyl (C=O) groups is 2. The van der Waals surface area contributed by atoms with Gasteiger partial charge in [0.1, 0.15) is 5.54 Å². The largest absolute Gasteiger partial charge is 0.480 e. The first-order chi connectivity index (χ1) is 9.15. The monoisotopic (exact) mass is 307 g/mol. The lowest BCUT2D eigenvalue weighted by Gasteiger charge is -2.36. The zero-order chi connectivity index (χ0) is 15.4. The molecule has 2 amide bonds. The van der Waals surface area contributed by atoms with Gasteiger partial charge in [0.05, 0.1) is 5.75 Å². The van der Waals surface area contributed by atoms with E-state index in [1.54, 1.807) is 0 Å². The summed E-state index contributed by atoms with van der Waals surface area (Å²) in [6.45, 7) is 1.79. The lowest BCUT2D eigenvalue weighted by molar-refractivity contribution is -0.146. The summed E-state index contributed by atoms with van der Waals surface area (Å²) in [6, 6.07) is -0.690. The minimum absolute atomic E-state index is 0.157. The molecule has 8 nitrogen and oxygen atoms in total. The summed E-state index contributed by atoms with van der Waals surface area (Å²) in [5.41, 5.74) is -1.27. The molecule has 2 atom stereocenters. The van der Waals surface area contributed by atoms with Crippen LogP contribution < -0.4 is 15.8 Å². The number of urea groups is 1. The highest BCUT2D eigenvalue weighted by Gasteiger charge is 2.43. The van der Waals surface area contributed by atoms with Crippen molar-refractivity contribution in [3.05, 3.63) is 0 Å². The molecule has 5 N–H and O–H groups in total. The van der Waals surface area contributed by atoms with Gasteiger partial charge in [-0.25, -0.2) is 23.1 Å². The van der Waals surface area contributed by atoms with Gasteiger partial charge in [-0.3, -0.25) is 0 Å². The summed E-state index contributed by atoms with van der Waals surface area (Å²) in [5, 5.41) is 18.9. The zero-order valence-corrected chi connectivity index (χ0v) is 12.2. The van der Waals surface area contributed by atoms with Crippen molar-refractivity contribution in [3.8, 4) is 0 Å². The standard InChI is InChI=1S/C11H21N3O5S/c1-8-3-2-4-11(7-8,9(15)16)14-10(17)13-5-6-20(12,18)19/h8H,2-7H2,1H3,(H,15,16)(H2,12,18,19)(H2,13,14,17). The lowest BCUT2D eigenvalue weighted by atomic mass is 9.76. The third-order valence-corrected chi connectivity index (χ3v) is 4.20. The fraction of sp³-hybridized carbons (Fsp3) is 0.818. The quantitative estimate of drug-likeness (QED) is 0.547. The first kappa shape index (κ1) is 16.7. The average molecular weight is 307 g/mol. The van der Waals surface area contributed by atoms with Gasteiger partial charge in [0.2, 0.25) is 10.0 Å². The van der Waals surface area contributed by atoms with E-state index in [4.69, 9.17) is 5.14 Å². The van der Waals surface area contributed by atoms with Crippen LogP contribution >= 0.6 is 0 Å². The molecule has 9 heteroatoms. The summed E-state index contributed by atoms with van der Waals surface area (Å²) in [6.07, 6.45) is 2.40. The summed E-state index contributed by atoms with van der Waals surface area (Å²) in [4.78, 5) is 23.1. The second kappa shape index (κ2) is 6.40. The summed E-state index contributed by atoms with van der Waals surface area (Å²) >= 11 is 0. The Labute approximate surface area is 118 Å². The van der Waals surface area contributed by atoms with Crippen LogP contribution in [-0.4, -0.2) is 43.4 Å². The number of amides is 2. The van der Waals surface area contributed by atoms with Gasteiger partial charge < -0.3 is 15.7 Å². The van der Waals surface area contributed by atoms with Crippen molar-refractivity contribution in [2.45, 2.75) is 38.1 Å². The highest BCUT2D eigenvalue weighted by molar-refractivity contribution is 7.89. The summed E-state index contributed by atoms with van der Waals surface area (Å²) < 4.78 is 21.5. The molecule has 1 rings (SSSR count). The second-order valence-corrected chi connectivity index (χ2v) is 7.07. The molecule has 0 aromatic rings. The second-order valence-electron chi connectivity index (χ2n) is 5.34. The van der Waals surface area contributed by atoms with Gasteiger partial charge >= 0.3 is 12.0 Å². The van der Waals surface area contributed by atoms with E-state index < -0.39 is 33.3 Å². The Morgan fingerprint density at radius 1 is 1.45 bits per heavy atom. The third kappa shape index (κ3) is 4.97. The normalized spacial score (nSPS) is 26.8. The van der Waals surface area contributed by atoms with Crippen molar-refractivity contribution in [1.82, 2.24) is 10.6 Å². The number of nitrogens with one attached hydrogen (secondary N) is 2. The van der Waals surface area contributed by atoms with E-state index in [1.165, 1.54) is 0 Å². The van der Waals surface area contributed by atoms with Crippen LogP contribution in [0, 0.1) is 5.92 Å². The SMILES string of the molecule is CC1CCCC(NC(=O)NCCS(N)(=O)=O)(C(=O)O)C1. The van der Waals surface area contributed by atoms with Gasteiger partial charge in [0, 0.05) is 6.54 Å². The Balaban J connectivity index is 2.58. The minimum atomic E-state index is -3.65. The molecule has 116 valence electrons. The smallest absolute Gasteiger partial charge is 0.329 e. The van der Waals surface area contributed by atoms with Crippen LogP contribution in [-0.2, 0) is 14.8 Å². The number of hydrogen-bond acceptors (Lipinski definition) is 4. The number of hydrogen-bond donors (Lipinski definition) is 4. The van der Waals surface area contributed by atoms with E-state index in [0.717, 1.165) is 12.8 Å². The Morgan fingerprint density at radius 3 is 2.60 bits per heavy atom. The molecular weight excluding hydrogens is 286 g/mol. The van der Waals surface area contributed by atoms with Gasteiger partial charge in [0.25, 0.3) is 0 Å². The molecule has 0 radical (unpaired) electrons. The van der Waals surface area contributed by atoms with Crippen molar-refractivity contribution in [1.29, 1.82) is 0 Å². The number of sulfonamides is 1. The summed E-state index contributed by atoms with van der Waals surface area (Å²) in [5.74, 6) is -1.24. The maximum Gasteiger partial charge on any atom is 0.329 e. The number of rotatable bonds is 5. The Bertz CT molecular complexity index is 478. The van der Waals surface area contributed by atoms with Crippen LogP contribution in [0.25, 0.3) is 0 Å². The van der Waals surface area contributed by atoms with E-state index in [-0.39, 0.29) is 12.5 Å². The molecule has 0 heterocycles. The molecule has 0 bridgehead atoms. The Morgan fingerprint density at radius 2 is 2.10 bits per heavy atom. The van der Waals surface area contributed by atoms with Crippen molar-refractivity contribution in [2.24, 2.45) is 11.1 Å². The maximum atomic E-state index is 11.7. The van der Waals surface area contributed by atoms with E-state index in [1.807, 2.05) is 6.92 Å². The van der Waals surface area contributed by atoms with Crippen molar-refractivity contribution in [2.75, 3.05) is 12.3 Å². The molecule has 1 aliphatic carbocycles. The van der Waals surface area contributed by atoms with Gasteiger partial charge in [-0.15, -0.1) is 0 Å². The number of aliphatic carboxylic acids is 1. The Hall–Kier alpha value is -1.35. The third-order valence-electron chi connectivity index (χ3n) is 3.43. The van der Waals surface area contributed by atoms with Crippen LogP contribution in [0.5, 0.6) is 0 Å². The zero-order valence-electron chi connectivity index (χ0n) is 11.4.